The van der Waals surface area contributed by atoms with E-state index in [0.29, 0.717) is 12.1 Å². The molecular weight excluding hydrogens is 180 g/mol. The Morgan fingerprint density at radius 1 is 1.79 bits per heavy atom. The van der Waals surface area contributed by atoms with Crippen LogP contribution >= 0.6 is 0 Å². The van der Waals surface area contributed by atoms with Gasteiger partial charge in [-0.15, -0.1) is 0 Å². The third kappa shape index (κ3) is 2.85. The van der Waals surface area contributed by atoms with Gasteiger partial charge in [-0.05, 0) is 6.42 Å². The van der Waals surface area contributed by atoms with Crippen LogP contribution in [0.4, 0.5) is 0 Å². The molecule has 5 nitrogen and oxygen atoms in total. The highest BCUT2D eigenvalue weighted by molar-refractivity contribution is 5.93. The third-order valence-corrected chi connectivity index (χ3v) is 2.02. The number of nitrogens with two attached hydrogens (primary N) is 1. The lowest BCUT2D eigenvalue weighted by molar-refractivity contribution is 0.0936. The molecule has 78 valence electrons. The first-order chi connectivity index (χ1) is 6.77. The van der Waals surface area contributed by atoms with Crippen molar-refractivity contribution in [3.63, 3.8) is 0 Å². The monoisotopic (exact) mass is 196 g/mol. The summed E-state index contributed by atoms with van der Waals surface area (Å²) >= 11 is 0. The Morgan fingerprint density at radius 3 is 3.07 bits per heavy atom. The number of carbonyl (C=O) groups is 1. The van der Waals surface area contributed by atoms with Crippen LogP contribution in [0.3, 0.4) is 0 Å². The van der Waals surface area contributed by atoms with Crippen LogP contribution in [0.15, 0.2) is 12.4 Å². The van der Waals surface area contributed by atoms with Crippen LogP contribution in [0.25, 0.3) is 0 Å². The molecule has 5 heteroatoms. The van der Waals surface area contributed by atoms with E-state index in [1.807, 2.05) is 0 Å². The number of aromatic nitrogens is 2. The average molecular weight is 196 g/mol. The van der Waals surface area contributed by atoms with Crippen LogP contribution in [0.1, 0.15) is 30.1 Å². The molecule has 0 aliphatic heterocycles. The van der Waals surface area contributed by atoms with Crippen LogP contribution < -0.4 is 11.1 Å². The minimum absolute atomic E-state index is 0.0578. The number of nitrogens with zero attached hydrogens (tertiary/aromatic N) is 1. The Labute approximate surface area is 83.1 Å². The summed E-state index contributed by atoms with van der Waals surface area (Å²) in [5.41, 5.74) is 6.06. The summed E-state index contributed by atoms with van der Waals surface area (Å²) in [4.78, 5) is 11.5. The lowest BCUT2D eigenvalue weighted by atomic mass is 10.1. The molecule has 1 rings (SSSR count). The summed E-state index contributed by atoms with van der Waals surface area (Å²) in [5.74, 6) is -0.123. The fourth-order valence-corrected chi connectivity index (χ4v) is 1.24. The maximum atomic E-state index is 11.5. The van der Waals surface area contributed by atoms with Gasteiger partial charge in [0.15, 0.2) is 0 Å². The number of hydrogen-bond donors (Lipinski definition) is 3. The van der Waals surface area contributed by atoms with Gasteiger partial charge in [-0.2, -0.15) is 5.10 Å². The van der Waals surface area contributed by atoms with Crippen molar-refractivity contribution >= 4 is 5.91 Å². The summed E-state index contributed by atoms with van der Waals surface area (Å²) in [6.45, 7) is 2.53. The van der Waals surface area contributed by atoms with Crippen molar-refractivity contribution in [3.8, 4) is 0 Å². The lowest BCUT2D eigenvalue weighted by Gasteiger charge is -2.14. The highest BCUT2D eigenvalue weighted by Gasteiger charge is 2.11. The molecule has 0 spiro atoms. The Balaban J connectivity index is 2.47. The van der Waals surface area contributed by atoms with Crippen LogP contribution in [0.5, 0.6) is 0 Å². The number of amides is 1. The molecule has 1 atom stereocenters. The van der Waals surface area contributed by atoms with Crippen molar-refractivity contribution in [1.82, 2.24) is 15.5 Å². The first-order valence-corrected chi connectivity index (χ1v) is 4.77. The molecule has 0 radical (unpaired) electrons. The van der Waals surface area contributed by atoms with Gasteiger partial charge in [0.2, 0.25) is 0 Å². The van der Waals surface area contributed by atoms with Crippen molar-refractivity contribution < 1.29 is 4.79 Å². The van der Waals surface area contributed by atoms with E-state index in [9.17, 15) is 4.79 Å². The van der Waals surface area contributed by atoms with E-state index < -0.39 is 0 Å². The van der Waals surface area contributed by atoms with Crippen molar-refractivity contribution in [2.45, 2.75) is 25.8 Å². The van der Waals surface area contributed by atoms with E-state index in [2.05, 4.69) is 22.4 Å². The maximum absolute atomic E-state index is 11.5. The molecule has 0 aromatic carbocycles. The number of hydrogen-bond acceptors (Lipinski definition) is 3. The zero-order valence-corrected chi connectivity index (χ0v) is 8.29. The Kier molecular flexibility index (Phi) is 4.12. The summed E-state index contributed by atoms with van der Waals surface area (Å²) < 4.78 is 0. The number of aromatic amines is 1. The molecular formula is C9H16N4O. The van der Waals surface area contributed by atoms with Crippen molar-refractivity contribution in [3.05, 3.63) is 18.0 Å². The molecule has 1 heterocycles. The van der Waals surface area contributed by atoms with Crippen LogP contribution in [0, 0.1) is 0 Å². The molecule has 1 aromatic heterocycles. The highest BCUT2D eigenvalue weighted by atomic mass is 16.1. The highest BCUT2D eigenvalue weighted by Crippen LogP contribution is 1.98. The average Bonchev–Trinajstić information content (AvgIpc) is 2.69. The zero-order valence-electron chi connectivity index (χ0n) is 8.29. The fraction of sp³-hybridized carbons (Fsp3) is 0.556. The van der Waals surface area contributed by atoms with Gasteiger partial charge in [-0.1, -0.05) is 13.3 Å². The van der Waals surface area contributed by atoms with Gasteiger partial charge in [0.25, 0.3) is 5.91 Å². The van der Waals surface area contributed by atoms with E-state index in [4.69, 9.17) is 5.73 Å². The molecule has 0 saturated carbocycles. The minimum atomic E-state index is -0.123. The number of H-pyrrole nitrogens is 1. The van der Waals surface area contributed by atoms with Gasteiger partial charge in [0, 0.05) is 18.8 Å². The molecule has 0 saturated heterocycles. The van der Waals surface area contributed by atoms with E-state index in [1.165, 1.54) is 6.20 Å². The van der Waals surface area contributed by atoms with Gasteiger partial charge in [0.05, 0.1) is 11.8 Å². The molecule has 0 fully saturated rings. The smallest absolute Gasteiger partial charge is 0.254 e. The van der Waals surface area contributed by atoms with Crippen LogP contribution in [-0.4, -0.2) is 28.7 Å². The standard InChI is InChI=1S/C9H16N4O/c1-2-3-8(4-10)13-9(14)7-5-11-12-6-7/h5-6,8H,2-4,10H2,1H3,(H,11,12)(H,13,14). The summed E-state index contributed by atoms with van der Waals surface area (Å²) in [6, 6.07) is 0.0578. The molecule has 1 aromatic rings. The lowest BCUT2D eigenvalue weighted by Crippen LogP contribution is -2.39. The van der Waals surface area contributed by atoms with Gasteiger partial charge in [-0.25, -0.2) is 0 Å². The first kappa shape index (κ1) is 10.7. The topological polar surface area (TPSA) is 83.8 Å². The van der Waals surface area contributed by atoms with Crippen molar-refractivity contribution in [1.29, 1.82) is 0 Å². The Hall–Kier alpha value is -1.36. The van der Waals surface area contributed by atoms with Crippen molar-refractivity contribution in [2.24, 2.45) is 5.73 Å². The largest absolute Gasteiger partial charge is 0.348 e. The van der Waals surface area contributed by atoms with Gasteiger partial charge in [-0.3, -0.25) is 9.89 Å². The van der Waals surface area contributed by atoms with Gasteiger partial charge in [0.1, 0.15) is 0 Å². The Bertz CT molecular complexity index is 270. The van der Waals surface area contributed by atoms with E-state index in [0.717, 1.165) is 12.8 Å². The summed E-state index contributed by atoms with van der Waals surface area (Å²) in [6.07, 6.45) is 4.97. The fourth-order valence-electron chi connectivity index (χ4n) is 1.24. The quantitative estimate of drug-likeness (QED) is 0.632. The predicted molar refractivity (Wildman–Crippen MR) is 53.8 cm³/mol. The second kappa shape index (κ2) is 5.39. The molecule has 0 bridgehead atoms. The zero-order chi connectivity index (χ0) is 10.4. The van der Waals surface area contributed by atoms with Crippen molar-refractivity contribution in [2.75, 3.05) is 6.54 Å². The predicted octanol–water partition coefficient (Wildman–Crippen LogP) is 0.267. The Morgan fingerprint density at radius 2 is 2.57 bits per heavy atom. The number of rotatable bonds is 5. The molecule has 14 heavy (non-hydrogen) atoms. The second-order valence-electron chi connectivity index (χ2n) is 3.18. The molecule has 0 aliphatic rings. The van der Waals surface area contributed by atoms with E-state index >= 15 is 0 Å². The van der Waals surface area contributed by atoms with Crippen LogP contribution in [0.2, 0.25) is 0 Å². The SMILES string of the molecule is CCCC(CN)NC(=O)c1cn[nH]c1. The molecule has 4 N–H and O–H groups in total. The van der Waals surface area contributed by atoms with E-state index in [-0.39, 0.29) is 11.9 Å². The first-order valence-electron chi connectivity index (χ1n) is 4.77. The second-order valence-corrected chi connectivity index (χ2v) is 3.18. The summed E-state index contributed by atoms with van der Waals surface area (Å²) in [5, 5.41) is 9.14. The van der Waals surface area contributed by atoms with Crippen LogP contribution in [-0.2, 0) is 0 Å². The molecule has 1 unspecified atom stereocenters. The number of nitrogens with one attached hydrogen (secondary N) is 2. The minimum Gasteiger partial charge on any atom is -0.348 e. The third-order valence-electron chi connectivity index (χ3n) is 2.02. The number of carbonyl (C=O) groups excluding carboxylic acids is 1. The van der Waals surface area contributed by atoms with Gasteiger partial charge >= 0.3 is 0 Å². The maximum Gasteiger partial charge on any atom is 0.254 e. The summed E-state index contributed by atoms with van der Waals surface area (Å²) in [7, 11) is 0. The molecule has 0 aliphatic carbocycles. The van der Waals surface area contributed by atoms with E-state index in [1.54, 1.807) is 6.20 Å². The molecule has 1 amide bonds. The normalized spacial score (nSPS) is 12.4. The van der Waals surface area contributed by atoms with Gasteiger partial charge < -0.3 is 11.1 Å².